The Bertz CT molecular complexity index is 366. The molecule has 0 saturated carbocycles. The zero-order valence-electron chi connectivity index (χ0n) is 13.0. The van der Waals surface area contributed by atoms with Crippen LogP contribution >= 0.6 is 9.39 Å². The number of likely N-dealkylation sites (tertiary alicyclic amines) is 1. The Morgan fingerprint density at radius 2 is 2.10 bits per heavy atom. The maximum atomic E-state index is 12.5. The topological polar surface area (TPSA) is 26.8 Å². The van der Waals surface area contributed by atoms with Gasteiger partial charge < -0.3 is 4.90 Å². The van der Waals surface area contributed by atoms with Crippen molar-refractivity contribution in [1.82, 2.24) is 14.5 Å². The van der Waals surface area contributed by atoms with Crippen molar-refractivity contribution in [3.63, 3.8) is 0 Å². The van der Waals surface area contributed by atoms with Crippen LogP contribution in [0.3, 0.4) is 0 Å². The summed E-state index contributed by atoms with van der Waals surface area (Å²) < 4.78 is 2.25. The number of carbonyl (C=O) groups excluding carboxylic acids is 1. The Morgan fingerprint density at radius 3 is 2.65 bits per heavy atom. The number of hydrogen-bond acceptors (Lipinski definition) is 3. The molecule has 112 valence electrons. The van der Waals surface area contributed by atoms with Gasteiger partial charge in [0.05, 0.1) is 14.4 Å². The molecular weight excluding hydrogens is 268 g/mol. The van der Waals surface area contributed by atoms with E-state index in [4.69, 9.17) is 7.85 Å². The van der Waals surface area contributed by atoms with Crippen molar-refractivity contribution in [3.05, 3.63) is 0 Å². The SMILES string of the molecule is [B]C[C@H]1CN(P)[C@H](C)CN1CC(=O)N1CCC(C)(C)C1. The molecule has 2 fully saturated rings. The van der Waals surface area contributed by atoms with Gasteiger partial charge in [0.2, 0.25) is 5.91 Å². The molecule has 1 amide bonds. The molecule has 0 aliphatic carbocycles. The van der Waals surface area contributed by atoms with Gasteiger partial charge in [-0.25, -0.2) is 0 Å². The van der Waals surface area contributed by atoms with Crippen LogP contribution in [0, 0.1) is 5.41 Å². The summed E-state index contributed by atoms with van der Waals surface area (Å²) in [4.78, 5) is 16.8. The first kappa shape index (κ1) is 16.3. The Hall–Kier alpha value is -0.115. The van der Waals surface area contributed by atoms with Crippen molar-refractivity contribution in [2.45, 2.75) is 45.6 Å². The van der Waals surface area contributed by atoms with Gasteiger partial charge in [0.1, 0.15) is 0 Å². The van der Waals surface area contributed by atoms with Gasteiger partial charge in [0.25, 0.3) is 0 Å². The standard InChI is InChI=1S/C14H27BN3OP/c1-11-7-17(12(6-15)8-18(11)20)9-13(19)16-5-4-14(2,3)10-16/h11-12H,4-10,20H2,1-3H3/t11-,12+/m1/s1. The second-order valence-electron chi connectivity index (χ2n) is 7.09. The third-order valence-electron chi connectivity index (χ3n) is 4.64. The first-order valence-electron chi connectivity index (χ1n) is 7.55. The molecule has 2 aliphatic rings. The summed E-state index contributed by atoms with van der Waals surface area (Å²) in [5.74, 6) is 0.262. The summed E-state index contributed by atoms with van der Waals surface area (Å²) in [6.45, 7) is 10.8. The van der Waals surface area contributed by atoms with E-state index in [-0.39, 0.29) is 17.4 Å². The van der Waals surface area contributed by atoms with Gasteiger partial charge in [-0.1, -0.05) is 29.6 Å². The van der Waals surface area contributed by atoms with Crippen LogP contribution in [0.2, 0.25) is 6.32 Å². The fourth-order valence-corrected chi connectivity index (χ4v) is 3.49. The minimum atomic E-state index is 0.262. The summed E-state index contributed by atoms with van der Waals surface area (Å²) in [5.41, 5.74) is 0.273. The van der Waals surface area contributed by atoms with Gasteiger partial charge in [0.15, 0.2) is 0 Å². The molecule has 3 atom stereocenters. The first-order chi connectivity index (χ1) is 9.32. The van der Waals surface area contributed by atoms with Gasteiger partial charge in [0, 0.05) is 38.3 Å². The normalized spacial score (nSPS) is 31.7. The van der Waals surface area contributed by atoms with E-state index in [1.807, 2.05) is 4.90 Å². The molecule has 4 nitrogen and oxygen atoms in total. The Morgan fingerprint density at radius 1 is 1.40 bits per heavy atom. The van der Waals surface area contributed by atoms with Gasteiger partial charge in [-0.05, 0) is 18.8 Å². The van der Waals surface area contributed by atoms with Crippen molar-refractivity contribution < 1.29 is 4.79 Å². The van der Waals surface area contributed by atoms with Gasteiger partial charge >= 0.3 is 0 Å². The minimum absolute atomic E-state index is 0.262. The summed E-state index contributed by atoms with van der Waals surface area (Å²) >= 11 is 0. The largest absolute Gasteiger partial charge is 0.341 e. The molecule has 0 aromatic carbocycles. The van der Waals surface area contributed by atoms with E-state index < -0.39 is 0 Å². The lowest BCUT2D eigenvalue weighted by Crippen LogP contribution is -2.56. The fraction of sp³-hybridized carbons (Fsp3) is 0.929. The maximum absolute atomic E-state index is 12.5. The van der Waals surface area contributed by atoms with E-state index in [9.17, 15) is 4.79 Å². The Labute approximate surface area is 126 Å². The lowest BCUT2D eigenvalue weighted by Gasteiger charge is -2.43. The predicted octanol–water partition coefficient (Wildman–Crippen LogP) is 0.996. The van der Waals surface area contributed by atoms with Crippen molar-refractivity contribution >= 4 is 23.1 Å². The van der Waals surface area contributed by atoms with Crippen LogP contribution in [0.15, 0.2) is 0 Å². The number of hydrogen-bond donors (Lipinski definition) is 0. The molecule has 2 saturated heterocycles. The number of rotatable bonds is 3. The molecule has 0 aromatic heterocycles. The molecule has 20 heavy (non-hydrogen) atoms. The van der Waals surface area contributed by atoms with E-state index in [1.54, 1.807) is 0 Å². The van der Waals surface area contributed by atoms with E-state index >= 15 is 0 Å². The second-order valence-corrected chi connectivity index (χ2v) is 7.76. The van der Waals surface area contributed by atoms with Crippen LogP contribution in [-0.4, -0.2) is 73.0 Å². The summed E-state index contributed by atoms with van der Waals surface area (Å²) in [7, 11) is 8.64. The number of piperazine rings is 1. The van der Waals surface area contributed by atoms with Crippen LogP contribution in [0.5, 0.6) is 0 Å². The molecule has 2 rings (SSSR count). The highest BCUT2D eigenvalue weighted by Gasteiger charge is 2.35. The van der Waals surface area contributed by atoms with Crippen LogP contribution in [-0.2, 0) is 4.79 Å². The molecule has 2 aliphatic heterocycles. The van der Waals surface area contributed by atoms with Crippen LogP contribution in [0.1, 0.15) is 27.2 Å². The van der Waals surface area contributed by atoms with Crippen molar-refractivity contribution in [2.24, 2.45) is 5.41 Å². The highest BCUT2D eigenvalue weighted by atomic mass is 31.0. The zero-order chi connectivity index (χ0) is 14.9. The van der Waals surface area contributed by atoms with Gasteiger partial charge in [-0.2, -0.15) is 0 Å². The Kier molecular flexibility index (Phi) is 5.15. The van der Waals surface area contributed by atoms with Crippen molar-refractivity contribution in [1.29, 1.82) is 0 Å². The van der Waals surface area contributed by atoms with Crippen LogP contribution in [0.4, 0.5) is 0 Å². The van der Waals surface area contributed by atoms with E-state index in [1.165, 1.54) is 0 Å². The molecule has 0 N–H and O–H groups in total. The van der Waals surface area contributed by atoms with E-state index in [2.05, 4.69) is 39.7 Å². The maximum Gasteiger partial charge on any atom is 0.236 e. The third-order valence-corrected chi connectivity index (χ3v) is 5.36. The quantitative estimate of drug-likeness (QED) is 0.574. The highest BCUT2D eigenvalue weighted by molar-refractivity contribution is 7.13. The summed E-state index contributed by atoms with van der Waals surface area (Å²) in [5, 5.41) is 0. The third kappa shape index (κ3) is 3.75. The molecule has 0 spiro atoms. The highest BCUT2D eigenvalue weighted by Crippen LogP contribution is 2.29. The average Bonchev–Trinajstić information content (AvgIpc) is 2.74. The molecule has 0 bridgehead atoms. The second kappa shape index (κ2) is 6.33. The summed E-state index contributed by atoms with van der Waals surface area (Å²) in [6, 6.07) is 0.730. The molecule has 6 heteroatoms. The lowest BCUT2D eigenvalue weighted by atomic mass is 9.93. The van der Waals surface area contributed by atoms with Crippen LogP contribution in [0.25, 0.3) is 0 Å². The summed E-state index contributed by atoms with van der Waals surface area (Å²) in [6.07, 6.45) is 1.71. The molecular formula is C14H27BN3OP. The van der Waals surface area contributed by atoms with Gasteiger partial charge in [-0.15, -0.1) is 0 Å². The minimum Gasteiger partial charge on any atom is -0.341 e. The number of carbonyl (C=O) groups is 1. The van der Waals surface area contributed by atoms with Gasteiger partial charge in [-0.3, -0.25) is 14.4 Å². The zero-order valence-corrected chi connectivity index (χ0v) is 14.2. The molecule has 0 aromatic rings. The number of nitrogens with zero attached hydrogens (tertiary/aromatic N) is 3. The molecule has 2 radical (unpaired) electrons. The van der Waals surface area contributed by atoms with Crippen LogP contribution < -0.4 is 0 Å². The lowest BCUT2D eigenvalue weighted by molar-refractivity contribution is -0.132. The fourth-order valence-electron chi connectivity index (χ4n) is 3.15. The number of amides is 1. The Balaban J connectivity index is 1.93. The van der Waals surface area contributed by atoms with Crippen molar-refractivity contribution in [3.8, 4) is 0 Å². The smallest absolute Gasteiger partial charge is 0.236 e. The molecule has 1 unspecified atom stereocenters. The average molecular weight is 295 g/mol. The molecule has 2 heterocycles. The van der Waals surface area contributed by atoms with Crippen molar-refractivity contribution in [2.75, 3.05) is 32.7 Å². The van der Waals surface area contributed by atoms with E-state index in [0.717, 1.165) is 32.6 Å². The monoisotopic (exact) mass is 295 g/mol. The first-order valence-corrected chi connectivity index (χ1v) is 8.07. The van der Waals surface area contributed by atoms with E-state index in [0.29, 0.717) is 18.9 Å². The predicted molar refractivity (Wildman–Crippen MR) is 86.8 cm³/mol.